The molecule has 7 heteroatoms. The second-order valence-electron chi connectivity index (χ2n) is 5.95. The van der Waals surface area contributed by atoms with E-state index in [9.17, 15) is 9.00 Å². The maximum Gasteiger partial charge on any atom is 0.410 e. The summed E-state index contributed by atoms with van der Waals surface area (Å²) in [6.07, 6.45) is -0.0386. The van der Waals surface area contributed by atoms with Gasteiger partial charge in [0.15, 0.2) is 0 Å². The highest BCUT2D eigenvalue weighted by molar-refractivity contribution is 7.75. The predicted octanol–water partition coefficient (Wildman–Crippen LogP) is 1.63. The van der Waals surface area contributed by atoms with Crippen molar-refractivity contribution in [3.05, 3.63) is 0 Å². The minimum atomic E-state index is -1.69. The average molecular weight is 291 g/mol. The molecule has 0 aromatic heterocycles. The SMILES string of the molecule is CC[C@H]1CN(C(=O)OC(C)(C)C)C[C@H]2OS(=O)O[C@H]12. The van der Waals surface area contributed by atoms with Crippen LogP contribution in [0.3, 0.4) is 0 Å². The highest BCUT2D eigenvalue weighted by Crippen LogP contribution is 2.32. The lowest BCUT2D eigenvalue weighted by Gasteiger charge is -2.38. The largest absolute Gasteiger partial charge is 0.444 e. The van der Waals surface area contributed by atoms with E-state index >= 15 is 0 Å². The van der Waals surface area contributed by atoms with Gasteiger partial charge in [0.25, 0.3) is 0 Å². The van der Waals surface area contributed by atoms with Crippen LogP contribution < -0.4 is 0 Å². The van der Waals surface area contributed by atoms with Gasteiger partial charge in [0.1, 0.15) is 17.8 Å². The molecular formula is C12H21NO5S. The topological polar surface area (TPSA) is 65.1 Å². The Morgan fingerprint density at radius 3 is 2.63 bits per heavy atom. The summed E-state index contributed by atoms with van der Waals surface area (Å²) in [5, 5.41) is 0. The molecule has 4 atom stereocenters. The van der Waals surface area contributed by atoms with Gasteiger partial charge < -0.3 is 9.64 Å². The van der Waals surface area contributed by atoms with Gasteiger partial charge in [-0.1, -0.05) is 6.92 Å². The van der Waals surface area contributed by atoms with Crippen molar-refractivity contribution in [1.29, 1.82) is 0 Å². The fourth-order valence-electron chi connectivity index (χ4n) is 2.36. The minimum absolute atomic E-state index is 0.123. The van der Waals surface area contributed by atoms with Crippen molar-refractivity contribution < 1.29 is 22.1 Å². The molecule has 2 aliphatic rings. The molecule has 0 N–H and O–H groups in total. The van der Waals surface area contributed by atoms with Gasteiger partial charge in [-0.15, -0.1) is 0 Å². The van der Waals surface area contributed by atoms with Crippen LogP contribution in [0.5, 0.6) is 0 Å². The van der Waals surface area contributed by atoms with Crippen LogP contribution in [-0.2, 0) is 24.5 Å². The molecule has 1 unspecified atom stereocenters. The van der Waals surface area contributed by atoms with E-state index in [1.165, 1.54) is 0 Å². The third-order valence-electron chi connectivity index (χ3n) is 3.25. The van der Waals surface area contributed by atoms with Gasteiger partial charge in [0.05, 0.1) is 6.54 Å². The number of likely N-dealkylation sites (tertiary alicyclic amines) is 1. The first-order valence-corrected chi connectivity index (χ1v) is 7.54. The number of carbonyl (C=O) groups excluding carboxylic acids is 1. The van der Waals surface area contributed by atoms with Gasteiger partial charge in [0, 0.05) is 12.5 Å². The molecule has 0 aliphatic carbocycles. The molecule has 0 bridgehead atoms. The molecule has 0 radical (unpaired) electrons. The Hall–Kier alpha value is -0.660. The number of ether oxygens (including phenoxy) is 1. The van der Waals surface area contributed by atoms with Crippen molar-refractivity contribution in [1.82, 2.24) is 4.90 Å². The summed E-state index contributed by atoms with van der Waals surface area (Å²) in [5.41, 5.74) is -0.522. The number of rotatable bonds is 1. The van der Waals surface area contributed by atoms with Gasteiger partial charge in [-0.25, -0.2) is 4.79 Å². The fourth-order valence-corrected chi connectivity index (χ4v) is 3.24. The molecule has 2 aliphatic heterocycles. The molecule has 2 rings (SSSR count). The van der Waals surface area contributed by atoms with Crippen molar-refractivity contribution in [2.75, 3.05) is 13.1 Å². The number of piperidine rings is 1. The molecule has 2 heterocycles. The number of fused-ring (bicyclic) bond motifs is 1. The first-order chi connectivity index (χ1) is 8.80. The molecule has 0 saturated carbocycles. The maximum absolute atomic E-state index is 12.1. The van der Waals surface area contributed by atoms with Gasteiger partial charge >= 0.3 is 17.5 Å². The maximum atomic E-state index is 12.1. The molecular weight excluding hydrogens is 270 g/mol. The van der Waals surface area contributed by atoms with Crippen molar-refractivity contribution in [2.45, 2.75) is 51.9 Å². The monoisotopic (exact) mass is 291 g/mol. The minimum Gasteiger partial charge on any atom is -0.444 e. The number of hydrogen-bond donors (Lipinski definition) is 0. The highest BCUT2D eigenvalue weighted by Gasteiger charge is 2.46. The smallest absolute Gasteiger partial charge is 0.410 e. The first-order valence-electron chi connectivity index (χ1n) is 6.54. The lowest BCUT2D eigenvalue weighted by atomic mass is 9.91. The van der Waals surface area contributed by atoms with E-state index in [2.05, 4.69) is 0 Å². The van der Waals surface area contributed by atoms with Gasteiger partial charge in [0.2, 0.25) is 0 Å². The van der Waals surface area contributed by atoms with E-state index in [0.717, 1.165) is 6.42 Å². The summed E-state index contributed by atoms with van der Waals surface area (Å²) in [5.74, 6) is 0.123. The second kappa shape index (κ2) is 5.38. The normalized spacial score (nSPS) is 35.1. The lowest BCUT2D eigenvalue weighted by Crippen LogP contribution is -2.53. The predicted molar refractivity (Wildman–Crippen MR) is 69.5 cm³/mol. The summed E-state index contributed by atoms with van der Waals surface area (Å²) in [7, 11) is 0. The summed E-state index contributed by atoms with van der Waals surface area (Å²) in [4.78, 5) is 13.7. The van der Waals surface area contributed by atoms with Crippen LogP contribution in [0, 0.1) is 5.92 Å². The summed E-state index contributed by atoms with van der Waals surface area (Å²) < 4.78 is 27.1. The highest BCUT2D eigenvalue weighted by atomic mass is 32.2. The Morgan fingerprint density at radius 1 is 1.37 bits per heavy atom. The van der Waals surface area contributed by atoms with E-state index in [1.54, 1.807) is 4.90 Å². The zero-order chi connectivity index (χ0) is 14.2. The van der Waals surface area contributed by atoms with Crippen LogP contribution in [0.4, 0.5) is 4.79 Å². The molecule has 2 fully saturated rings. The summed E-state index contributed by atoms with van der Waals surface area (Å²) >= 11 is -1.69. The number of carbonyl (C=O) groups is 1. The van der Waals surface area contributed by atoms with E-state index < -0.39 is 17.0 Å². The quantitative estimate of drug-likeness (QED) is 0.734. The Labute approximate surface area is 116 Å². The molecule has 110 valence electrons. The Kier molecular flexibility index (Phi) is 4.17. The van der Waals surface area contributed by atoms with E-state index in [0.29, 0.717) is 13.1 Å². The first kappa shape index (κ1) is 14.7. The van der Waals surface area contributed by atoms with E-state index in [4.69, 9.17) is 13.1 Å². The lowest BCUT2D eigenvalue weighted by molar-refractivity contribution is -0.0212. The van der Waals surface area contributed by atoms with Crippen LogP contribution in [0.1, 0.15) is 34.1 Å². The van der Waals surface area contributed by atoms with Crippen molar-refractivity contribution in [3.63, 3.8) is 0 Å². The number of amides is 1. The van der Waals surface area contributed by atoms with Gasteiger partial charge in [-0.3, -0.25) is 8.37 Å². The summed E-state index contributed by atoms with van der Waals surface area (Å²) in [6, 6.07) is 0. The van der Waals surface area contributed by atoms with Crippen molar-refractivity contribution in [3.8, 4) is 0 Å². The molecule has 2 saturated heterocycles. The van der Waals surface area contributed by atoms with Crippen LogP contribution >= 0.6 is 0 Å². The van der Waals surface area contributed by atoms with Gasteiger partial charge in [-0.05, 0) is 27.2 Å². The van der Waals surface area contributed by atoms with E-state index in [1.807, 2.05) is 27.7 Å². The molecule has 0 aromatic rings. The Morgan fingerprint density at radius 2 is 2.05 bits per heavy atom. The molecule has 19 heavy (non-hydrogen) atoms. The number of hydrogen-bond acceptors (Lipinski definition) is 5. The van der Waals surface area contributed by atoms with E-state index in [-0.39, 0.29) is 24.2 Å². The second-order valence-corrected chi connectivity index (χ2v) is 6.75. The van der Waals surface area contributed by atoms with Crippen molar-refractivity contribution >= 4 is 17.5 Å². The molecule has 0 spiro atoms. The zero-order valence-electron chi connectivity index (χ0n) is 11.8. The van der Waals surface area contributed by atoms with Crippen LogP contribution in [0.15, 0.2) is 0 Å². The fraction of sp³-hybridized carbons (Fsp3) is 0.917. The Balaban J connectivity index is 2.04. The van der Waals surface area contributed by atoms with Crippen molar-refractivity contribution in [2.24, 2.45) is 5.92 Å². The van der Waals surface area contributed by atoms with Gasteiger partial charge in [-0.2, -0.15) is 4.21 Å². The standard InChI is InChI=1S/C12H21NO5S/c1-5-8-6-13(11(14)16-12(2,3)4)7-9-10(8)18-19(15)17-9/h8-10H,5-7H2,1-4H3/t8-,9+,10+,19?/m0/s1. The van der Waals surface area contributed by atoms with Crippen LogP contribution in [0.25, 0.3) is 0 Å². The average Bonchev–Trinajstić information content (AvgIpc) is 2.65. The van der Waals surface area contributed by atoms with Crippen LogP contribution in [0.2, 0.25) is 0 Å². The zero-order valence-corrected chi connectivity index (χ0v) is 12.6. The van der Waals surface area contributed by atoms with Crippen LogP contribution in [-0.4, -0.2) is 46.1 Å². The molecule has 6 nitrogen and oxygen atoms in total. The molecule has 0 aromatic carbocycles. The number of nitrogens with zero attached hydrogens (tertiary/aromatic N) is 1. The summed E-state index contributed by atoms with van der Waals surface area (Å²) in [6.45, 7) is 8.43. The Bertz CT molecular complexity index is 381. The molecule has 1 amide bonds. The third-order valence-corrected chi connectivity index (χ3v) is 4.04. The third kappa shape index (κ3) is 3.46.